The first-order chi connectivity index (χ1) is 14.0. The fourth-order valence-corrected chi connectivity index (χ4v) is 4.21. The van der Waals surface area contributed by atoms with E-state index < -0.39 is 0 Å². The van der Waals surface area contributed by atoms with Crippen molar-refractivity contribution in [2.75, 3.05) is 20.2 Å². The highest BCUT2D eigenvalue weighted by atomic mass is 19.1. The summed E-state index contributed by atoms with van der Waals surface area (Å²) in [6.07, 6.45) is 4.14. The molecule has 1 saturated carbocycles. The maximum Gasteiger partial charge on any atom is 0.136 e. The third-order valence-electron chi connectivity index (χ3n) is 5.93. The van der Waals surface area contributed by atoms with Gasteiger partial charge >= 0.3 is 0 Å². The number of hydrogen-bond acceptors (Lipinski definition) is 3. The first-order valence-electron chi connectivity index (χ1n) is 10.6. The van der Waals surface area contributed by atoms with E-state index in [1.54, 1.807) is 19.1 Å². The number of rotatable bonds is 9. The van der Waals surface area contributed by atoms with Crippen LogP contribution in [0.15, 0.2) is 54.6 Å². The predicted octanol–water partition coefficient (Wildman–Crippen LogP) is 5.21. The summed E-state index contributed by atoms with van der Waals surface area (Å²) in [4.78, 5) is 14.3. The molecule has 1 aliphatic carbocycles. The Morgan fingerprint density at radius 2 is 1.83 bits per heavy atom. The number of nitrogens with zero attached hydrogens (tertiary/aromatic N) is 1. The highest BCUT2D eigenvalue weighted by Crippen LogP contribution is 2.34. The van der Waals surface area contributed by atoms with Crippen LogP contribution in [0.4, 0.5) is 4.39 Å². The van der Waals surface area contributed by atoms with Crippen molar-refractivity contribution in [3.63, 3.8) is 0 Å². The SMILES string of the molecule is CC(=O)C(COC1CCC(c2cccc(F)c2)CC1)CN(C)Cc1ccccc1. The van der Waals surface area contributed by atoms with Crippen LogP contribution in [0, 0.1) is 11.7 Å². The third kappa shape index (κ3) is 6.76. The normalized spacial score (nSPS) is 20.6. The molecule has 1 fully saturated rings. The zero-order chi connectivity index (χ0) is 20.6. The molecule has 0 spiro atoms. The van der Waals surface area contributed by atoms with Crippen LogP contribution in [0.3, 0.4) is 0 Å². The van der Waals surface area contributed by atoms with Gasteiger partial charge in [0.25, 0.3) is 0 Å². The fourth-order valence-electron chi connectivity index (χ4n) is 4.21. The number of carbonyl (C=O) groups excluding carboxylic acids is 1. The number of benzene rings is 2. The maximum absolute atomic E-state index is 13.5. The number of ketones is 1. The Labute approximate surface area is 173 Å². The molecule has 1 unspecified atom stereocenters. The first-order valence-corrected chi connectivity index (χ1v) is 10.6. The van der Waals surface area contributed by atoms with Crippen LogP contribution in [-0.2, 0) is 16.1 Å². The van der Waals surface area contributed by atoms with Gasteiger partial charge in [-0.25, -0.2) is 4.39 Å². The zero-order valence-corrected chi connectivity index (χ0v) is 17.5. The van der Waals surface area contributed by atoms with Crippen LogP contribution in [0.2, 0.25) is 0 Å². The summed E-state index contributed by atoms with van der Waals surface area (Å²) in [6, 6.07) is 17.2. The predicted molar refractivity (Wildman–Crippen MR) is 114 cm³/mol. The van der Waals surface area contributed by atoms with Crippen molar-refractivity contribution in [2.24, 2.45) is 5.92 Å². The molecule has 2 aromatic carbocycles. The molecule has 2 aromatic rings. The molecule has 0 amide bonds. The van der Waals surface area contributed by atoms with E-state index in [0.29, 0.717) is 19.1 Å². The Morgan fingerprint density at radius 3 is 2.48 bits per heavy atom. The summed E-state index contributed by atoms with van der Waals surface area (Å²) in [5.41, 5.74) is 2.33. The topological polar surface area (TPSA) is 29.5 Å². The van der Waals surface area contributed by atoms with Crippen LogP contribution in [0.5, 0.6) is 0 Å². The minimum absolute atomic E-state index is 0.107. The molecule has 0 N–H and O–H groups in total. The Morgan fingerprint density at radius 1 is 1.10 bits per heavy atom. The molecule has 4 heteroatoms. The lowest BCUT2D eigenvalue weighted by Gasteiger charge is -2.30. The van der Waals surface area contributed by atoms with Crippen molar-refractivity contribution >= 4 is 5.78 Å². The second-order valence-corrected chi connectivity index (χ2v) is 8.35. The van der Waals surface area contributed by atoms with Crippen LogP contribution >= 0.6 is 0 Å². The smallest absolute Gasteiger partial charge is 0.136 e. The first kappa shape index (κ1) is 21.7. The van der Waals surface area contributed by atoms with Crippen molar-refractivity contribution in [1.82, 2.24) is 4.90 Å². The lowest BCUT2D eigenvalue weighted by atomic mass is 9.82. The van der Waals surface area contributed by atoms with Crippen LogP contribution in [-0.4, -0.2) is 37.0 Å². The minimum atomic E-state index is -0.162. The molecule has 0 heterocycles. The molecule has 0 aromatic heterocycles. The van der Waals surface area contributed by atoms with Gasteiger partial charge < -0.3 is 9.64 Å². The summed E-state index contributed by atoms with van der Waals surface area (Å²) >= 11 is 0. The quantitative estimate of drug-likeness (QED) is 0.582. The minimum Gasteiger partial charge on any atom is -0.377 e. The van der Waals surface area contributed by atoms with E-state index in [1.807, 2.05) is 31.3 Å². The zero-order valence-electron chi connectivity index (χ0n) is 17.5. The molecule has 156 valence electrons. The van der Waals surface area contributed by atoms with Gasteiger partial charge in [-0.1, -0.05) is 42.5 Å². The molecule has 1 aliphatic rings. The van der Waals surface area contributed by atoms with E-state index >= 15 is 0 Å². The van der Waals surface area contributed by atoms with Gasteiger partial charge in [0.1, 0.15) is 11.6 Å². The molecule has 3 nitrogen and oxygen atoms in total. The molecule has 0 saturated heterocycles. The summed E-state index contributed by atoms with van der Waals surface area (Å²) < 4.78 is 19.6. The van der Waals surface area contributed by atoms with Gasteiger partial charge in [-0.2, -0.15) is 0 Å². The maximum atomic E-state index is 13.5. The summed E-state index contributed by atoms with van der Waals surface area (Å²) in [5.74, 6) is 0.318. The van der Waals surface area contributed by atoms with E-state index in [9.17, 15) is 9.18 Å². The van der Waals surface area contributed by atoms with Crippen molar-refractivity contribution in [3.05, 3.63) is 71.5 Å². The standard InChI is InChI=1S/C25H32FNO2/c1-19(28)23(17-27(2)16-20-7-4-3-5-8-20)18-29-25-13-11-21(12-14-25)22-9-6-10-24(26)15-22/h3-10,15,21,23,25H,11-14,16-18H2,1-2H3. The van der Waals surface area contributed by atoms with Crippen molar-refractivity contribution in [1.29, 1.82) is 0 Å². The highest BCUT2D eigenvalue weighted by molar-refractivity contribution is 5.78. The number of halogens is 1. The second kappa shape index (κ2) is 10.7. The van der Waals surface area contributed by atoms with E-state index in [4.69, 9.17) is 4.74 Å². The van der Waals surface area contributed by atoms with Crippen LogP contribution in [0.25, 0.3) is 0 Å². The van der Waals surface area contributed by atoms with Gasteiger partial charge in [-0.3, -0.25) is 4.79 Å². The van der Waals surface area contributed by atoms with E-state index in [-0.39, 0.29) is 23.6 Å². The monoisotopic (exact) mass is 397 g/mol. The molecular weight excluding hydrogens is 365 g/mol. The molecule has 0 bridgehead atoms. The number of hydrogen-bond donors (Lipinski definition) is 0. The number of Topliss-reactive ketones (excluding diaryl/α,β-unsaturated/α-hetero) is 1. The van der Waals surface area contributed by atoms with Gasteiger partial charge in [0.15, 0.2) is 0 Å². The summed E-state index contributed by atoms with van der Waals surface area (Å²) in [5, 5.41) is 0. The van der Waals surface area contributed by atoms with E-state index in [0.717, 1.165) is 37.8 Å². The van der Waals surface area contributed by atoms with E-state index in [1.165, 1.54) is 11.6 Å². The van der Waals surface area contributed by atoms with Crippen LogP contribution < -0.4 is 0 Å². The van der Waals surface area contributed by atoms with Gasteiger partial charge in [0.2, 0.25) is 0 Å². The summed E-state index contributed by atoms with van der Waals surface area (Å²) in [7, 11) is 2.05. The lowest BCUT2D eigenvalue weighted by Crippen LogP contribution is -2.34. The average molecular weight is 398 g/mol. The molecule has 0 aliphatic heterocycles. The molecule has 0 radical (unpaired) electrons. The van der Waals surface area contributed by atoms with Gasteiger partial charge in [0.05, 0.1) is 18.6 Å². The third-order valence-corrected chi connectivity index (χ3v) is 5.93. The fraction of sp³-hybridized carbons (Fsp3) is 0.480. The summed E-state index contributed by atoms with van der Waals surface area (Å²) in [6.45, 7) is 3.65. The lowest BCUT2D eigenvalue weighted by molar-refractivity contribution is -0.124. The van der Waals surface area contributed by atoms with Crippen molar-refractivity contribution in [2.45, 2.75) is 51.2 Å². The van der Waals surface area contributed by atoms with Crippen LogP contribution in [0.1, 0.15) is 49.7 Å². The van der Waals surface area contributed by atoms with Crippen molar-refractivity contribution < 1.29 is 13.9 Å². The molecule has 29 heavy (non-hydrogen) atoms. The number of carbonyl (C=O) groups is 1. The average Bonchev–Trinajstić information content (AvgIpc) is 2.72. The Kier molecular flexibility index (Phi) is 7.96. The largest absolute Gasteiger partial charge is 0.377 e. The van der Waals surface area contributed by atoms with E-state index in [2.05, 4.69) is 17.0 Å². The Hall–Kier alpha value is -2.04. The second-order valence-electron chi connectivity index (χ2n) is 8.35. The highest BCUT2D eigenvalue weighted by Gasteiger charge is 2.25. The Balaban J connectivity index is 1.44. The number of ether oxygens (including phenoxy) is 1. The van der Waals surface area contributed by atoms with Gasteiger partial charge in [-0.15, -0.1) is 0 Å². The molecule has 1 atom stereocenters. The van der Waals surface area contributed by atoms with Gasteiger partial charge in [0, 0.05) is 13.1 Å². The molecular formula is C25H32FNO2. The van der Waals surface area contributed by atoms with Crippen molar-refractivity contribution in [3.8, 4) is 0 Å². The van der Waals surface area contributed by atoms with Gasteiger partial charge in [-0.05, 0) is 68.8 Å². The Bertz CT molecular complexity index is 771. The molecule has 3 rings (SSSR count).